The van der Waals surface area contributed by atoms with Crippen LogP contribution in [0.1, 0.15) is 51.9 Å². The third-order valence-electron chi connectivity index (χ3n) is 5.53. The third kappa shape index (κ3) is 5.28. The fraction of sp³-hybridized carbons (Fsp3) is 0.360. The summed E-state index contributed by atoms with van der Waals surface area (Å²) >= 11 is 6.02. The van der Waals surface area contributed by atoms with Crippen LogP contribution in [0.15, 0.2) is 47.3 Å². The molecule has 3 aromatic rings. The van der Waals surface area contributed by atoms with Crippen LogP contribution in [0.4, 0.5) is 4.39 Å². The van der Waals surface area contributed by atoms with Gasteiger partial charge in [0.2, 0.25) is 5.91 Å². The van der Waals surface area contributed by atoms with Gasteiger partial charge in [-0.2, -0.15) is 0 Å². The zero-order chi connectivity index (χ0) is 24.8. The minimum Gasteiger partial charge on any atom is -0.466 e. The van der Waals surface area contributed by atoms with Gasteiger partial charge in [-0.3, -0.25) is 19.0 Å². The Labute approximate surface area is 202 Å². The molecule has 1 amide bonds. The number of hydrogen-bond donors (Lipinski definition) is 0. The highest BCUT2D eigenvalue weighted by atomic mass is 35.5. The van der Waals surface area contributed by atoms with E-state index in [-0.39, 0.29) is 35.9 Å². The second-order valence-electron chi connectivity index (χ2n) is 7.63. The zero-order valence-corrected chi connectivity index (χ0v) is 20.1. The number of carbonyl (C=O) groups excluding carboxylic acids is 2. The highest BCUT2D eigenvalue weighted by molar-refractivity contribution is 6.30. The van der Waals surface area contributed by atoms with Gasteiger partial charge in [0.15, 0.2) is 0 Å². The molecule has 0 saturated carbocycles. The van der Waals surface area contributed by atoms with E-state index in [0.717, 1.165) is 0 Å². The van der Waals surface area contributed by atoms with Gasteiger partial charge in [0.25, 0.3) is 5.56 Å². The quantitative estimate of drug-likeness (QED) is 0.404. The number of halogens is 2. The topological polar surface area (TPSA) is 81.5 Å². The largest absolute Gasteiger partial charge is 0.466 e. The van der Waals surface area contributed by atoms with Crippen LogP contribution in [0.2, 0.25) is 5.02 Å². The molecule has 7 nitrogen and oxygen atoms in total. The second-order valence-corrected chi connectivity index (χ2v) is 8.04. The molecule has 3 rings (SSSR count). The summed E-state index contributed by atoms with van der Waals surface area (Å²) in [7, 11) is 0. The van der Waals surface area contributed by atoms with E-state index in [1.165, 1.54) is 22.8 Å². The molecule has 180 valence electrons. The lowest BCUT2D eigenvalue weighted by molar-refractivity contribution is -0.146. The van der Waals surface area contributed by atoms with Crippen molar-refractivity contribution in [2.75, 3.05) is 13.2 Å². The van der Waals surface area contributed by atoms with Gasteiger partial charge in [-0.1, -0.05) is 30.7 Å². The molecule has 2 aromatic carbocycles. The number of amides is 1. The van der Waals surface area contributed by atoms with Crippen molar-refractivity contribution in [3.8, 4) is 5.69 Å². The Hall–Kier alpha value is -3.26. The molecule has 0 radical (unpaired) electrons. The first kappa shape index (κ1) is 25.4. The number of rotatable bonds is 9. The minimum atomic E-state index is -0.606. The molecule has 0 aliphatic carbocycles. The highest BCUT2D eigenvalue weighted by Crippen LogP contribution is 2.28. The van der Waals surface area contributed by atoms with E-state index in [1.54, 1.807) is 36.1 Å². The van der Waals surface area contributed by atoms with Crippen molar-refractivity contribution in [2.24, 2.45) is 0 Å². The van der Waals surface area contributed by atoms with Gasteiger partial charge in [-0.15, -0.1) is 0 Å². The van der Waals surface area contributed by atoms with Crippen LogP contribution in [-0.2, 0) is 14.3 Å². The van der Waals surface area contributed by atoms with Crippen molar-refractivity contribution in [3.63, 3.8) is 0 Å². The monoisotopic (exact) mass is 487 g/mol. The van der Waals surface area contributed by atoms with Crippen molar-refractivity contribution in [3.05, 3.63) is 69.5 Å². The molecule has 0 aliphatic rings. The van der Waals surface area contributed by atoms with Crippen molar-refractivity contribution < 1.29 is 18.7 Å². The molecule has 0 N–H and O–H groups in total. The number of benzene rings is 2. The maximum absolute atomic E-state index is 13.9. The molecule has 0 aliphatic heterocycles. The smallest absolute Gasteiger partial charge is 0.306 e. The molecule has 0 fully saturated rings. The lowest BCUT2D eigenvalue weighted by atomic mass is 10.1. The average molecular weight is 488 g/mol. The summed E-state index contributed by atoms with van der Waals surface area (Å²) in [6.07, 6.45) is 0.396. The normalized spacial score (nSPS) is 11.9. The van der Waals surface area contributed by atoms with E-state index < -0.39 is 17.8 Å². The molecule has 1 atom stereocenters. The lowest BCUT2D eigenvalue weighted by Gasteiger charge is -2.31. The molecular weight excluding hydrogens is 461 g/mol. The lowest BCUT2D eigenvalue weighted by Crippen LogP contribution is -2.38. The highest BCUT2D eigenvalue weighted by Gasteiger charge is 2.28. The first-order valence-electron chi connectivity index (χ1n) is 11.2. The maximum atomic E-state index is 13.9. The summed E-state index contributed by atoms with van der Waals surface area (Å²) in [6.45, 7) is 6.00. The van der Waals surface area contributed by atoms with E-state index in [0.29, 0.717) is 35.4 Å². The number of hydrogen-bond acceptors (Lipinski definition) is 5. The van der Waals surface area contributed by atoms with Crippen LogP contribution < -0.4 is 5.56 Å². The zero-order valence-electron chi connectivity index (χ0n) is 19.4. The Kier molecular flexibility index (Phi) is 8.39. The van der Waals surface area contributed by atoms with Crippen LogP contribution >= 0.6 is 11.6 Å². The molecular formula is C25H27ClFN3O4. The molecule has 1 unspecified atom stereocenters. The standard InChI is InChI=1S/C25H27ClFN3O4/c1-4-21(29(5-2)22(31)13-14-23(32)34-6-3)24-28-20-10-8-7-9-17(20)25(33)30(24)16-11-12-19(27)18(26)15-16/h7-12,15,21H,4-6,13-14H2,1-3H3. The van der Waals surface area contributed by atoms with Crippen LogP contribution in [0.3, 0.4) is 0 Å². The van der Waals surface area contributed by atoms with Gasteiger partial charge >= 0.3 is 5.97 Å². The summed E-state index contributed by atoms with van der Waals surface area (Å²) in [5.41, 5.74) is 0.482. The van der Waals surface area contributed by atoms with Crippen LogP contribution in [0, 0.1) is 5.82 Å². The number of esters is 1. The van der Waals surface area contributed by atoms with Gasteiger partial charge in [-0.05, 0) is 50.6 Å². The van der Waals surface area contributed by atoms with Gasteiger partial charge in [0, 0.05) is 13.0 Å². The van der Waals surface area contributed by atoms with Crippen LogP contribution in [0.5, 0.6) is 0 Å². The Morgan fingerprint density at radius 3 is 2.53 bits per heavy atom. The molecule has 0 spiro atoms. The first-order valence-corrected chi connectivity index (χ1v) is 11.6. The summed E-state index contributed by atoms with van der Waals surface area (Å²) < 4.78 is 20.2. The third-order valence-corrected chi connectivity index (χ3v) is 5.82. The van der Waals surface area contributed by atoms with Crippen molar-refractivity contribution in [2.45, 2.75) is 46.1 Å². The van der Waals surface area contributed by atoms with Crippen molar-refractivity contribution in [1.82, 2.24) is 14.5 Å². The Bertz CT molecular complexity index is 1260. The summed E-state index contributed by atoms with van der Waals surface area (Å²) in [4.78, 5) is 44.7. The Morgan fingerprint density at radius 2 is 1.88 bits per heavy atom. The van der Waals surface area contributed by atoms with E-state index in [9.17, 15) is 18.8 Å². The van der Waals surface area contributed by atoms with Crippen molar-refractivity contribution >= 4 is 34.4 Å². The molecule has 34 heavy (non-hydrogen) atoms. The average Bonchev–Trinajstić information content (AvgIpc) is 2.83. The molecule has 1 aromatic heterocycles. The van der Waals surface area contributed by atoms with Gasteiger partial charge in [-0.25, -0.2) is 9.37 Å². The summed E-state index contributed by atoms with van der Waals surface area (Å²) in [6, 6.07) is 10.3. The Morgan fingerprint density at radius 1 is 1.15 bits per heavy atom. The summed E-state index contributed by atoms with van der Waals surface area (Å²) in [5.74, 6) is -0.972. The van der Waals surface area contributed by atoms with Crippen LogP contribution in [-0.4, -0.2) is 39.5 Å². The second kappa shape index (κ2) is 11.2. The van der Waals surface area contributed by atoms with E-state index in [1.807, 2.05) is 13.8 Å². The van der Waals surface area contributed by atoms with Gasteiger partial charge in [0.05, 0.1) is 40.7 Å². The van der Waals surface area contributed by atoms with Crippen molar-refractivity contribution in [1.29, 1.82) is 0 Å². The van der Waals surface area contributed by atoms with E-state index >= 15 is 0 Å². The number of aromatic nitrogens is 2. The van der Waals surface area contributed by atoms with E-state index in [2.05, 4.69) is 0 Å². The van der Waals surface area contributed by atoms with E-state index in [4.69, 9.17) is 21.3 Å². The number of fused-ring (bicyclic) bond motifs is 1. The number of para-hydroxylation sites is 1. The van der Waals surface area contributed by atoms with Gasteiger partial charge in [0.1, 0.15) is 11.6 Å². The first-order chi connectivity index (χ1) is 16.3. The molecule has 9 heteroatoms. The van der Waals surface area contributed by atoms with Gasteiger partial charge < -0.3 is 9.64 Å². The Balaban J connectivity index is 2.14. The fourth-order valence-electron chi connectivity index (χ4n) is 3.95. The molecule has 0 bridgehead atoms. The number of carbonyl (C=O) groups is 2. The molecule has 0 saturated heterocycles. The SMILES string of the molecule is CCOC(=O)CCC(=O)N(CC)C(CC)c1nc2ccccc2c(=O)n1-c1ccc(F)c(Cl)c1. The maximum Gasteiger partial charge on any atom is 0.306 e. The number of ether oxygens (including phenoxy) is 1. The molecule has 1 heterocycles. The fourth-order valence-corrected chi connectivity index (χ4v) is 4.12. The van der Waals surface area contributed by atoms with Crippen LogP contribution in [0.25, 0.3) is 16.6 Å². The predicted octanol–water partition coefficient (Wildman–Crippen LogP) is 4.82. The minimum absolute atomic E-state index is 0.0244. The predicted molar refractivity (Wildman–Crippen MR) is 129 cm³/mol. The summed E-state index contributed by atoms with van der Waals surface area (Å²) in [5, 5.41) is 0.257. The number of nitrogens with zero attached hydrogens (tertiary/aromatic N) is 3.